The Hall–Kier alpha value is -2.66. The van der Waals surface area contributed by atoms with Crippen LogP contribution >= 0.6 is 0 Å². The highest BCUT2D eigenvalue weighted by atomic mass is 16.5. The summed E-state index contributed by atoms with van der Waals surface area (Å²) < 4.78 is 5.48. The molecule has 0 aromatic heterocycles. The normalized spacial score (nSPS) is 16.1. The Morgan fingerprint density at radius 2 is 1.69 bits per heavy atom. The van der Waals surface area contributed by atoms with Gasteiger partial charge in [0.15, 0.2) is 0 Å². The number of hydrogen-bond donors (Lipinski definition) is 2. The monoisotopic (exact) mass is 353 g/mol. The number of aryl methyl sites for hydroxylation is 2. The van der Waals surface area contributed by atoms with Crippen molar-refractivity contribution in [2.75, 3.05) is 18.5 Å². The van der Waals surface area contributed by atoms with Crippen LogP contribution in [0.15, 0.2) is 42.5 Å². The van der Waals surface area contributed by atoms with Crippen LogP contribution in [-0.2, 0) is 14.9 Å². The Labute approximate surface area is 153 Å². The zero-order valence-electron chi connectivity index (χ0n) is 15.0. The molecule has 5 nitrogen and oxygen atoms in total. The first-order valence-electron chi connectivity index (χ1n) is 8.73. The summed E-state index contributed by atoms with van der Waals surface area (Å²) in [7, 11) is 0. The molecular formula is C21H23NO4. The zero-order chi connectivity index (χ0) is 18.7. The van der Waals surface area contributed by atoms with Crippen LogP contribution < -0.4 is 5.32 Å². The van der Waals surface area contributed by atoms with Crippen molar-refractivity contribution in [1.29, 1.82) is 0 Å². The van der Waals surface area contributed by atoms with E-state index >= 15 is 0 Å². The van der Waals surface area contributed by atoms with E-state index in [4.69, 9.17) is 4.74 Å². The van der Waals surface area contributed by atoms with Gasteiger partial charge in [0.2, 0.25) is 5.91 Å². The van der Waals surface area contributed by atoms with Crippen LogP contribution in [0.3, 0.4) is 0 Å². The lowest BCUT2D eigenvalue weighted by atomic mass is 9.73. The molecule has 0 bridgehead atoms. The van der Waals surface area contributed by atoms with Crippen molar-refractivity contribution in [3.8, 4) is 0 Å². The number of carboxylic acids is 1. The van der Waals surface area contributed by atoms with Gasteiger partial charge in [-0.25, -0.2) is 4.79 Å². The third kappa shape index (κ3) is 3.35. The van der Waals surface area contributed by atoms with E-state index in [0.29, 0.717) is 37.3 Å². The zero-order valence-corrected chi connectivity index (χ0v) is 15.0. The third-order valence-electron chi connectivity index (χ3n) is 5.16. The number of ether oxygens (including phenoxy) is 1. The van der Waals surface area contributed by atoms with Crippen molar-refractivity contribution in [2.45, 2.75) is 32.1 Å². The Morgan fingerprint density at radius 1 is 1.04 bits per heavy atom. The maximum atomic E-state index is 13.3. The van der Waals surface area contributed by atoms with E-state index in [0.717, 1.165) is 11.1 Å². The molecule has 0 saturated carbocycles. The average Bonchev–Trinajstić information content (AvgIpc) is 2.64. The number of carboxylic acid groups (broad SMARTS) is 1. The number of anilines is 1. The van der Waals surface area contributed by atoms with E-state index in [1.165, 1.54) is 0 Å². The van der Waals surface area contributed by atoms with E-state index < -0.39 is 11.4 Å². The van der Waals surface area contributed by atoms with Gasteiger partial charge in [-0.2, -0.15) is 0 Å². The maximum absolute atomic E-state index is 13.3. The third-order valence-corrected chi connectivity index (χ3v) is 5.16. The first-order chi connectivity index (χ1) is 12.4. The van der Waals surface area contributed by atoms with Crippen LogP contribution in [-0.4, -0.2) is 30.2 Å². The molecule has 136 valence electrons. The highest BCUT2D eigenvalue weighted by Gasteiger charge is 2.41. The van der Waals surface area contributed by atoms with E-state index in [1.807, 2.05) is 37.3 Å². The van der Waals surface area contributed by atoms with Crippen LogP contribution in [0.2, 0.25) is 0 Å². The fourth-order valence-corrected chi connectivity index (χ4v) is 3.58. The largest absolute Gasteiger partial charge is 0.478 e. The number of amides is 1. The average molecular weight is 353 g/mol. The second kappa shape index (κ2) is 7.30. The fraction of sp³-hybridized carbons (Fsp3) is 0.333. The van der Waals surface area contributed by atoms with Crippen LogP contribution in [0.1, 0.15) is 39.9 Å². The molecule has 1 aliphatic heterocycles. The minimum atomic E-state index is -0.998. The minimum absolute atomic E-state index is 0.115. The number of carbonyl (C=O) groups is 2. The molecule has 1 amide bonds. The van der Waals surface area contributed by atoms with Gasteiger partial charge >= 0.3 is 5.97 Å². The highest BCUT2D eigenvalue weighted by molar-refractivity contribution is 6.01. The van der Waals surface area contributed by atoms with Gasteiger partial charge in [0.25, 0.3) is 0 Å². The van der Waals surface area contributed by atoms with Crippen molar-refractivity contribution >= 4 is 17.6 Å². The van der Waals surface area contributed by atoms with Gasteiger partial charge < -0.3 is 15.2 Å². The molecule has 1 fully saturated rings. The lowest BCUT2D eigenvalue weighted by molar-refractivity contribution is -0.125. The summed E-state index contributed by atoms with van der Waals surface area (Å²) in [6.07, 6.45) is 1.19. The topological polar surface area (TPSA) is 75.6 Å². The first-order valence-corrected chi connectivity index (χ1v) is 8.73. The summed E-state index contributed by atoms with van der Waals surface area (Å²) in [6, 6.07) is 13.1. The minimum Gasteiger partial charge on any atom is -0.478 e. The molecule has 2 aromatic carbocycles. The highest BCUT2D eigenvalue weighted by Crippen LogP contribution is 2.36. The summed E-state index contributed by atoms with van der Waals surface area (Å²) in [5.74, 6) is -1.11. The van der Waals surface area contributed by atoms with Gasteiger partial charge in [-0.3, -0.25) is 4.79 Å². The van der Waals surface area contributed by atoms with Crippen LogP contribution in [0.4, 0.5) is 5.69 Å². The molecule has 2 N–H and O–H groups in total. The predicted molar refractivity (Wildman–Crippen MR) is 99.7 cm³/mol. The molecule has 2 aromatic rings. The van der Waals surface area contributed by atoms with Crippen LogP contribution in [0.5, 0.6) is 0 Å². The van der Waals surface area contributed by atoms with E-state index in [2.05, 4.69) is 5.32 Å². The van der Waals surface area contributed by atoms with Gasteiger partial charge in [-0.1, -0.05) is 36.4 Å². The van der Waals surface area contributed by atoms with Crippen molar-refractivity contribution in [3.05, 3.63) is 64.7 Å². The quantitative estimate of drug-likeness (QED) is 0.879. The fourth-order valence-electron chi connectivity index (χ4n) is 3.58. The molecule has 3 rings (SSSR count). The number of nitrogens with one attached hydrogen (secondary N) is 1. The maximum Gasteiger partial charge on any atom is 0.336 e. The smallest absolute Gasteiger partial charge is 0.336 e. The van der Waals surface area contributed by atoms with E-state index in [9.17, 15) is 14.7 Å². The molecule has 0 unspecified atom stereocenters. The Kier molecular flexibility index (Phi) is 5.09. The van der Waals surface area contributed by atoms with Crippen LogP contribution in [0.25, 0.3) is 0 Å². The summed E-state index contributed by atoms with van der Waals surface area (Å²) in [5, 5.41) is 12.3. The Bertz CT molecular complexity index is 823. The molecule has 1 aliphatic rings. The molecule has 0 radical (unpaired) electrons. The number of benzene rings is 2. The van der Waals surface area contributed by atoms with Crippen molar-refractivity contribution in [3.63, 3.8) is 0 Å². The van der Waals surface area contributed by atoms with Crippen LogP contribution in [0, 0.1) is 13.8 Å². The molecule has 1 heterocycles. The SMILES string of the molecule is Cc1cc(C)c(C(=O)O)cc1NC(=O)C1(c2ccccc2)CCOCC1. The molecule has 1 saturated heterocycles. The van der Waals surface area contributed by atoms with Gasteiger partial charge in [0, 0.05) is 18.9 Å². The van der Waals surface area contributed by atoms with Gasteiger partial charge in [-0.05, 0) is 49.4 Å². The van der Waals surface area contributed by atoms with Crippen molar-refractivity contribution in [1.82, 2.24) is 0 Å². The molecule has 5 heteroatoms. The first kappa shape index (κ1) is 18.1. The van der Waals surface area contributed by atoms with Gasteiger partial charge in [-0.15, -0.1) is 0 Å². The standard InChI is InChI=1S/C21H23NO4/c1-14-12-15(2)18(13-17(14)19(23)24)22-20(25)21(8-10-26-11-9-21)16-6-4-3-5-7-16/h3-7,12-13H,8-11H2,1-2H3,(H,22,25)(H,23,24). The lowest BCUT2D eigenvalue weighted by Gasteiger charge is -2.36. The predicted octanol–water partition coefficient (Wildman–Crippen LogP) is 3.69. The summed E-state index contributed by atoms with van der Waals surface area (Å²) in [4.78, 5) is 24.7. The van der Waals surface area contributed by atoms with Crippen molar-refractivity contribution in [2.24, 2.45) is 0 Å². The number of carbonyl (C=O) groups excluding carboxylic acids is 1. The molecule has 0 spiro atoms. The van der Waals surface area contributed by atoms with Gasteiger partial charge in [0.05, 0.1) is 11.0 Å². The number of rotatable bonds is 4. The van der Waals surface area contributed by atoms with E-state index in [-0.39, 0.29) is 11.5 Å². The molecular weight excluding hydrogens is 330 g/mol. The second-order valence-corrected chi connectivity index (χ2v) is 6.80. The number of hydrogen-bond acceptors (Lipinski definition) is 3. The lowest BCUT2D eigenvalue weighted by Crippen LogP contribution is -2.45. The summed E-state index contributed by atoms with van der Waals surface area (Å²) >= 11 is 0. The Balaban J connectivity index is 1.97. The summed E-state index contributed by atoms with van der Waals surface area (Å²) in [5.41, 5.74) is 2.56. The second-order valence-electron chi connectivity index (χ2n) is 6.80. The molecule has 26 heavy (non-hydrogen) atoms. The summed E-state index contributed by atoms with van der Waals surface area (Å²) in [6.45, 7) is 4.67. The van der Waals surface area contributed by atoms with Gasteiger partial charge in [0.1, 0.15) is 0 Å². The van der Waals surface area contributed by atoms with Crippen molar-refractivity contribution < 1.29 is 19.4 Å². The Morgan fingerprint density at radius 3 is 2.31 bits per heavy atom. The molecule has 0 atom stereocenters. The molecule has 0 aliphatic carbocycles. The number of aromatic carboxylic acids is 1. The van der Waals surface area contributed by atoms with E-state index in [1.54, 1.807) is 19.1 Å².